The molecule has 1 aliphatic carbocycles. The minimum atomic E-state index is -0.387. The number of nitrogens with two attached hydrogens (primary N) is 1. The maximum atomic E-state index is 12.0. The summed E-state index contributed by atoms with van der Waals surface area (Å²) in [4.78, 5) is 12.0. The number of benzene rings is 1. The van der Waals surface area contributed by atoms with E-state index in [1.807, 2.05) is 13.0 Å². The summed E-state index contributed by atoms with van der Waals surface area (Å²) in [7, 11) is 1.70. The van der Waals surface area contributed by atoms with Crippen molar-refractivity contribution in [3.8, 4) is 11.3 Å². The van der Waals surface area contributed by atoms with Crippen LogP contribution in [0.15, 0.2) is 24.3 Å². The Morgan fingerprint density at radius 1 is 1.14 bits per heavy atom. The van der Waals surface area contributed by atoms with E-state index in [2.05, 4.69) is 57.4 Å². The van der Waals surface area contributed by atoms with Gasteiger partial charge in [0.15, 0.2) is 0 Å². The van der Waals surface area contributed by atoms with Gasteiger partial charge in [-0.2, -0.15) is 0 Å². The van der Waals surface area contributed by atoms with Crippen LogP contribution in [0.3, 0.4) is 0 Å². The highest BCUT2D eigenvalue weighted by atomic mass is 16.5. The summed E-state index contributed by atoms with van der Waals surface area (Å²) in [5.41, 5.74) is 12.4. The number of ether oxygens (including phenoxy) is 1. The van der Waals surface area contributed by atoms with Gasteiger partial charge in [-0.25, -0.2) is 0 Å². The van der Waals surface area contributed by atoms with Gasteiger partial charge in [-0.05, 0) is 66.3 Å². The lowest BCUT2D eigenvalue weighted by Crippen LogP contribution is -2.33. The molecule has 0 saturated heterocycles. The van der Waals surface area contributed by atoms with E-state index in [4.69, 9.17) is 10.5 Å². The van der Waals surface area contributed by atoms with Crippen molar-refractivity contribution in [1.29, 1.82) is 0 Å². The van der Waals surface area contributed by atoms with E-state index in [-0.39, 0.29) is 22.8 Å². The Morgan fingerprint density at radius 3 is 2.32 bits per heavy atom. The maximum absolute atomic E-state index is 12.0. The van der Waals surface area contributed by atoms with E-state index < -0.39 is 0 Å². The molecule has 1 unspecified atom stereocenters. The molecule has 1 aromatic carbocycles. The number of hydrogen-bond acceptors (Lipinski definition) is 2. The third-order valence-corrected chi connectivity index (χ3v) is 6.55. The zero-order valence-electron chi connectivity index (χ0n) is 18.3. The van der Waals surface area contributed by atoms with Gasteiger partial charge in [-0.15, -0.1) is 0 Å². The topological polar surface area (TPSA) is 57.2 Å². The van der Waals surface area contributed by atoms with Gasteiger partial charge < -0.3 is 15.0 Å². The summed E-state index contributed by atoms with van der Waals surface area (Å²) in [6, 6.07) is 8.84. The molecular formula is C24H34N2O2. The van der Waals surface area contributed by atoms with Crippen molar-refractivity contribution in [2.24, 2.45) is 5.73 Å². The molecule has 28 heavy (non-hydrogen) atoms. The predicted octanol–water partition coefficient (Wildman–Crippen LogP) is 5.12. The van der Waals surface area contributed by atoms with Crippen molar-refractivity contribution in [3.05, 3.63) is 46.6 Å². The Balaban J connectivity index is 2.22. The minimum Gasteiger partial charge on any atom is -0.383 e. The number of rotatable bonds is 5. The quantitative estimate of drug-likeness (QED) is 0.780. The van der Waals surface area contributed by atoms with Crippen LogP contribution in [0.5, 0.6) is 0 Å². The van der Waals surface area contributed by atoms with Gasteiger partial charge in [-0.1, -0.05) is 39.8 Å². The molecular weight excluding hydrogens is 348 g/mol. The molecule has 0 spiro atoms. The van der Waals surface area contributed by atoms with Crippen molar-refractivity contribution in [2.75, 3.05) is 13.7 Å². The highest BCUT2D eigenvalue weighted by molar-refractivity contribution is 5.95. The molecule has 1 aromatic heterocycles. The molecule has 1 aliphatic rings. The summed E-state index contributed by atoms with van der Waals surface area (Å²) in [5, 5.41) is 0. The standard InChI is InChI=1S/C24H34N2O2/c1-15(14-28-7)26-16(2)18(22(25)27)13-21(26)17-8-9-19-20(12-17)24(5,6)11-10-23(19,3)4/h8-9,12-13,15H,10-11,14H2,1-7H3,(H2,25,27). The number of nitrogens with zero attached hydrogens (tertiary/aromatic N) is 1. The minimum absolute atomic E-state index is 0.105. The Morgan fingerprint density at radius 2 is 1.75 bits per heavy atom. The largest absolute Gasteiger partial charge is 0.383 e. The molecule has 0 aliphatic heterocycles. The number of fused-ring (bicyclic) bond motifs is 1. The van der Waals surface area contributed by atoms with Crippen LogP contribution in [0.4, 0.5) is 0 Å². The summed E-state index contributed by atoms with van der Waals surface area (Å²) in [6.45, 7) is 14.0. The van der Waals surface area contributed by atoms with Gasteiger partial charge in [-0.3, -0.25) is 4.79 Å². The van der Waals surface area contributed by atoms with Gasteiger partial charge >= 0.3 is 0 Å². The van der Waals surface area contributed by atoms with Gasteiger partial charge in [0.05, 0.1) is 18.2 Å². The average Bonchev–Trinajstić information content (AvgIpc) is 2.96. The van der Waals surface area contributed by atoms with Crippen molar-refractivity contribution < 1.29 is 9.53 Å². The molecule has 0 fully saturated rings. The molecule has 1 heterocycles. The number of primary amides is 1. The number of methoxy groups -OCH3 is 1. The normalized spacial score (nSPS) is 18.5. The first kappa shape index (κ1) is 20.7. The lowest BCUT2D eigenvalue weighted by molar-refractivity contribution is 0.0999. The molecule has 0 bridgehead atoms. The molecule has 0 saturated carbocycles. The lowest BCUT2D eigenvalue weighted by atomic mass is 9.63. The van der Waals surface area contributed by atoms with Crippen molar-refractivity contribution in [1.82, 2.24) is 4.57 Å². The number of aromatic nitrogens is 1. The van der Waals surface area contributed by atoms with Gasteiger partial charge in [0.2, 0.25) is 0 Å². The van der Waals surface area contributed by atoms with Crippen LogP contribution < -0.4 is 5.73 Å². The molecule has 4 nitrogen and oxygen atoms in total. The first-order chi connectivity index (χ1) is 13.0. The average molecular weight is 383 g/mol. The SMILES string of the molecule is COCC(C)n1c(-c2ccc3c(c2)C(C)(C)CCC3(C)C)cc(C(N)=O)c1C. The van der Waals surface area contributed by atoms with Crippen molar-refractivity contribution >= 4 is 5.91 Å². The van der Waals surface area contributed by atoms with E-state index in [9.17, 15) is 4.79 Å². The van der Waals surface area contributed by atoms with E-state index in [1.54, 1.807) is 7.11 Å². The second-order valence-electron chi connectivity index (χ2n) is 9.60. The summed E-state index contributed by atoms with van der Waals surface area (Å²) < 4.78 is 7.57. The van der Waals surface area contributed by atoms with Gasteiger partial charge in [0, 0.05) is 18.5 Å². The molecule has 3 rings (SSSR count). The third kappa shape index (κ3) is 3.39. The van der Waals surface area contributed by atoms with Crippen LogP contribution in [-0.4, -0.2) is 24.2 Å². The van der Waals surface area contributed by atoms with Crippen LogP contribution in [0.2, 0.25) is 0 Å². The van der Waals surface area contributed by atoms with Crippen LogP contribution in [-0.2, 0) is 15.6 Å². The second-order valence-corrected chi connectivity index (χ2v) is 9.60. The maximum Gasteiger partial charge on any atom is 0.250 e. The number of carbonyl (C=O) groups is 1. The molecule has 1 atom stereocenters. The van der Waals surface area contributed by atoms with Crippen LogP contribution in [0, 0.1) is 6.92 Å². The van der Waals surface area contributed by atoms with E-state index in [0.717, 1.165) is 17.0 Å². The van der Waals surface area contributed by atoms with Crippen molar-refractivity contribution in [3.63, 3.8) is 0 Å². The second kappa shape index (κ2) is 7.07. The molecule has 1 amide bonds. The molecule has 4 heteroatoms. The highest BCUT2D eigenvalue weighted by Gasteiger charge is 2.37. The monoisotopic (exact) mass is 382 g/mol. The van der Waals surface area contributed by atoms with Crippen LogP contribution in [0.25, 0.3) is 11.3 Å². The van der Waals surface area contributed by atoms with Crippen molar-refractivity contribution in [2.45, 2.75) is 71.3 Å². The van der Waals surface area contributed by atoms with Gasteiger partial charge in [0.1, 0.15) is 0 Å². The number of amides is 1. The molecule has 0 radical (unpaired) electrons. The highest BCUT2D eigenvalue weighted by Crippen LogP contribution is 2.47. The molecule has 152 valence electrons. The Hall–Kier alpha value is -2.07. The fourth-order valence-corrected chi connectivity index (χ4v) is 4.72. The lowest BCUT2D eigenvalue weighted by Gasteiger charge is -2.42. The van der Waals surface area contributed by atoms with E-state index in [1.165, 1.54) is 24.0 Å². The Labute approximate surface area is 169 Å². The van der Waals surface area contributed by atoms with Crippen LogP contribution in [0.1, 0.15) is 80.7 Å². The van der Waals surface area contributed by atoms with Crippen LogP contribution >= 0.6 is 0 Å². The Kier molecular flexibility index (Phi) is 5.22. The first-order valence-electron chi connectivity index (χ1n) is 10.2. The number of hydrogen-bond donors (Lipinski definition) is 1. The first-order valence-corrected chi connectivity index (χ1v) is 10.2. The smallest absolute Gasteiger partial charge is 0.250 e. The van der Waals surface area contributed by atoms with E-state index in [0.29, 0.717) is 12.2 Å². The fourth-order valence-electron chi connectivity index (χ4n) is 4.72. The fraction of sp³-hybridized carbons (Fsp3) is 0.542. The molecule has 2 aromatic rings. The summed E-state index contributed by atoms with van der Waals surface area (Å²) in [6.07, 6.45) is 2.36. The van der Waals surface area contributed by atoms with E-state index >= 15 is 0 Å². The predicted molar refractivity (Wildman–Crippen MR) is 115 cm³/mol. The molecule has 2 N–H and O–H groups in total. The third-order valence-electron chi connectivity index (χ3n) is 6.55. The zero-order valence-corrected chi connectivity index (χ0v) is 18.3. The van der Waals surface area contributed by atoms with Gasteiger partial charge in [0.25, 0.3) is 5.91 Å². The summed E-state index contributed by atoms with van der Waals surface area (Å²) in [5.74, 6) is -0.387. The zero-order chi connectivity index (χ0) is 20.9. The number of carbonyl (C=O) groups excluding carboxylic acids is 1. The summed E-state index contributed by atoms with van der Waals surface area (Å²) >= 11 is 0. The Bertz CT molecular complexity index is 906.